The molecule has 7 heteroatoms. The van der Waals surface area contributed by atoms with Gasteiger partial charge in [-0.15, -0.1) is 0 Å². The maximum absolute atomic E-state index is 12.2. The lowest BCUT2D eigenvalue weighted by molar-refractivity contribution is 0.0697. The first-order chi connectivity index (χ1) is 11.8. The average molecular weight is 362 g/mol. The van der Waals surface area contributed by atoms with Crippen molar-refractivity contribution in [3.05, 3.63) is 59.7 Å². The summed E-state index contributed by atoms with van der Waals surface area (Å²) in [5.74, 6) is -1.18. The fraction of sp³-hybridized carbons (Fsp3) is 0.278. The first kappa shape index (κ1) is 19.0. The molecule has 0 heterocycles. The summed E-state index contributed by atoms with van der Waals surface area (Å²) < 4.78 is 26.8. The molecule has 0 spiro atoms. The molecule has 6 nitrogen and oxygen atoms in total. The minimum absolute atomic E-state index is 0.0590. The highest BCUT2D eigenvalue weighted by atomic mass is 32.2. The molecule has 0 radical (unpaired) electrons. The van der Waals surface area contributed by atoms with Crippen LogP contribution in [0.15, 0.2) is 53.4 Å². The van der Waals surface area contributed by atoms with E-state index in [0.717, 1.165) is 5.56 Å². The van der Waals surface area contributed by atoms with Gasteiger partial charge in [-0.1, -0.05) is 37.3 Å². The molecule has 0 amide bonds. The van der Waals surface area contributed by atoms with Crippen molar-refractivity contribution in [1.82, 2.24) is 4.72 Å². The number of carboxylic acid groups (broad SMARTS) is 1. The molecule has 0 aliphatic heterocycles. The van der Waals surface area contributed by atoms with E-state index in [2.05, 4.69) is 10.0 Å². The number of carbonyl (C=O) groups is 1. The van der Waals surface area contributed by atoms with Crippen LogP contribution in [0.2, 0.25) is 0 Å². The lowest BCUT2D eigenvalue weighted by atomic mass is 10.1. The molecule has 3 N–H and O–H groups in total. The van der Waals surface area contributed by atoms with Crippen molar-refractivity contribution in [1.29, 1.82) is 0 Å². The molecule has 1 atom stereocenters. The van der Waals surface area contributed by atoms with E-state index in [1.165, 1.54) is 18.2 Å². The highest BCUT2D eigenvalue weighted by molar-refractivity contribution is 7.89. The number of carboxylic acids is 1. The Balaban J connectivity index is 2.32. The third kappa shape index (κ3) is 4.80. The second kappa shape index (κ2) is 8.13. The van der Waals surface area contributed by atoms with Gasteiger partial charge in [-0.2, -0.15) is 0 Å². The molecule has 2 rings (SSSR count). The van der Waals surface area contributed by atoms with Gasteiger partial charge in [-0.25, -0.2) is 17.9 Å². The monoisotopic (exact) mass is 362 g/mol. The molecular formula is C18H22N2O4S. The van der Waals surface area contributed by atoms with Crippen LogP contribution in [0.3, 0.4) is 0 Å². The maximum Gasteiger partial charge on any atom is 0.337 e. The SMILES string of the molecule is CCCNS(=O)(=O)c1ccc(N[C@@H](C)c2ccccc2)c(C(=O)O)c1. The fourth-order valence-electron chi connectivity index (χ4n) is 2.37. The number of benzene rings is 2. The summed E-state index contributed by atoms with van der Waals surface area (Å²) in [6, 6.07) is 13.5. The van der Waals surface area contributed by atoms with Crippen molar-refractivity contribution in [3.63, 3.8) is 0 Å². The van der Waals surface area contributed by atoms with E-state index in [9.17, 15) is 18.3 Å². The predicted octanol–water partition coefficient (Wildman–Crippen LogP) is 3.25. The van der Waals surface area contributed by atoms with Gasteiger partial charge in [0, 0.05) is 18.3 Å². The fourth-order valence-corrected chi connectivity index (χ4v) is 3.53. The highest BCUT2D eigenvalue weighted by Gasteiger charge is 2.19. The zero-order chi connectivity index (χ0) is 18.4. The maximum atomic E-state index is 12.2. The van der Waals surface area contributed by atoms with Crippen molar-refractivity contribution in [2.45, 2.75) is 31.2 Å². The van der Waals surface area contributed by atoms with E-state index < -0.39 is 16.0 Å². The number of rotatable bonds is 8. The Hall–Kier alpha value is -2.38. The van der Waals surface area contributed by atoms with E-state index in [1.54, 1.807) is 0 Å². The van der Waals surface area contributed by atoms with Gasteiger partial charge >= 0.3 is 5.97 Å². The Labute approximate surface area is 147 Å². The molecule has 0 aromatic heterocycles. The van der Waals surface area contributed by atoms with Crippen molar-refractivity contribution in [2.75, 3.05) is 11.9 Å². The van der Waals surface area contributed by atoms with Crippen LogP contribution in [-0.2, 0) is 10.0 Å². The number of hydrogen-bond acceptors (Lipinski definition) is 4. The molecule has 134 valence electrons. The van der Waals surface area contributed by atoms with Crippen LogP contribution in [0.25, 0.3) is 0 Å². The Kier molecular flexibility index (Phi) is 6.17. The second-order valence-electron chi connectivity index (χ2n) is 5.69. The molecule has 25 heavy (non-hydrogen) atoms. The predicted molar refractivity (Wildman–Crippen MR) is 97.4 cm³/mol. The molecule has 0 saturated heterocycles. The summed E-state index contributed by atoms with van der Waals surface area (Å²) in [6.45, 7) is 4.06. The summed E-state index contributed by atoms with van der Waals surface area (Å²) in [4.78, 5) is 11.5. The second-order valence-corrected chi connectivity index (χ2v) is 7.45. The van der Waals surface area contributed by atoms with E-state index in [-0.39, 0.29) is 16.5 Å². The standard InChI is InChI=1S/C18H22N2O4S/c1-3-11-19-25(23,24)15-9-10-17(16(12-15)18(21)22)20-13(2)14-7-5-4-6-8-14/h4-10,12-13,19-20H,3,11H2,1-2H3,(H,21,22)/t13-/m0/s1. The minimum atomic E-state index is -3.72. The van der Waals surface area contributed by atoms with Gasteiger partial charge in [0.1, 0.15) is 0 Å². The van der Waals surface area contributed by atoms with Crippen molar-refractivity contribution in [2.24, 2.45) is 0 Å². The van der Waals surface area contributed by atoms with Gasteiger partial charge < -0.3 is 10.4 Å². The lowest BCUT2D eigenvalue weighted by Crippen LogP contribution is -2.24. The molecule has 0 saturated carbocycles. The van der Waals surface area contributed by atoms with Crippen LogP contribution >= 0.6 is 0 Å². The van der Waals surface area contributed by atoms with Gasteiger partial charge in [0.15, 0.2) is 0 Å². The summed E-state index contributed by atoms with van der Waals surface area (Å²) in [6.07, 6.45) is 0.652. The van der Waals surface area contributed by atoms with E-state index in [4.69, 9.17) is 0 Å². The Morgan fingerprint density at radius 3 is 2.44 bits per heavy atom. The number of sulfonamides is 1. The highest BCUT2D eigenvalue weighted by Crippen LogP contribution is 2.25. The number of aromatic carboxylic acids is 1. The van der Waals surface area contributed by atoms with Crippen LogP contribution in [0, 0.1) is 0 Å². The Morgan fingerprint density at radius 2 is 1.84 bits per heavy atom. The van der Waals surface area contributed by atoms with Crippen LogP contribution in [0.1, 0.15) is 42.2 Å². The lowest BCUT2D eigenvalue weighted by Gasteiger charge is -2.18. The third-order valence-corrected chi connectivity index (χ3v) is 5.20. The van der Waals surface area contributed by atoms with Crippen LogP contribution < -0.4 is 10.0 Å². The van der Waals surface area contributed by atoms with Gasteiger partial charge in [-0.05, 0) is 37.1 Å². The van der Waals surface area contributed by atoms with Gasteiger partial charge in [0.2, 0.25) is 10.0 Å². The summed E-state index contributed by atoms with van der Waals surface area (Å²) >= 11 is 0. The molecular weight excluding hydrogens is 340 g/mol. The molecule has 0 bridgehead atoms. The van der Waals surface area contributed by atoms with Crippen molar-refractivity contribution < 1.29 is 18.3 Å². The smallest absolute Gasteiger partial charge is 0.337 e. The molecule has 0 fully saturated rings. The average Bonchev–Trinajstić information content (AvgIpc) is 2.60. The number of nitrogens with one attached hydrogen (secondary N) is 2. The molecule has 2 aromatic rings. The number of anilines is 1. The Morgan fingerprint density at radius 1 is 1.16 bits per heavy atom. The molecule has 0 aliphatic rings. The van der Waals surface area contributed by atoms with Crippen molar-refractivity contribution >= 4 is 21.7 Å². The van der Waals surface area contributed by atoms with Crippen molar-refractivity contribution in [3.8, 4) is 0 Å². The largest absolute Gasteiger partial charge is 0.478 e. The summed E-state index contributed by atoms with van der Waals surface area (Å²) in [5, 5.41) is 12.6. The molecule has 2 aromatic carbocycles. The van der Waals surface area contributed by atoms with Crippen LogP contribution in [0.4, 0.5) is 5.69 Å². The van der Waals surface area contributed by atoms with Gasteiger partial charge in [0.25, 0.3) is 0 Å². The topological polar surface area (TPSA) is 95.5 Å². The summed E-state index contributed by atoms with van der Waals surface area (Å²) in [7, 11) is -3.72. The summed E-state index contributed by atoms with van der Waals surface area (Å²) in [5.41, 5.74) is 1.29. The van der Waals surface area contributed by atoms with Crippen LogP contribution in [-0.4, -0.2) is 26.0 Å². The zero-order valence-corrected chi connectivity index (χ0v) is 15.0. The van der Waals surface area contributed by atoms with Gasteiger partial charge in [-0.3, -0.25) is 0 Å². The van der Waals surface area contributed by atoms with Crippen LogP contribution in [0.5, 0.6) is 0 Å². The quantitative estimate of drug-likeness (QED) is 0.670. The zero-order valence-electron chi connectivity index (χ0n) is 14.2. The van der Waals surface area contributed by atoms with E-state index in [1.807, 2.05) is 44.2 Å². The first-order valence-corrected chi connectivity index (χ1v) is 9.52. The number of hydrogen-bond donors (Lipinski definition) is 3. The minimum Gasteiger partial charge on any atom is -0.478 e. The van der Waals surface area contributed by atoms with Gasteiger partial charge in [0.05, 0.1) is 10.5 Å². The normalized spacial score (nSPS) is 12.6. The molecule has 0 aliphatic carbocycles. The molecule has 0 unspecified atom stereocenters. The third-order valence-electron chi connectivity index (χ3n) is 3.75. The Bertz CT molecular complexity index is 835. The van der Waals surface area contributed by atoms with E-state index >= 15 is 0 Å². The first-order valence-electron chi connectivity index (χ1n) is 8.03. The van der Waals surface area contributed by atoms with E-state index in [0.29, 0.717) is 18.7 Å².